The number of benzene rings is 1. The van der Waals surface area contributed by atoms with Gasteiger partial charge in [0.1, 0.15) is 11.6 Å². The average molecular weight is 465 g/mol. The van der Waals surface area contributed by atoms with Crippen LogP contribution in [0.15, 0.2) is 24.4 Å². The maximum Gasteiger partial charge on any atom is 0.255 e. The fraction of sp³-hybridized carbons (Fsp3) is 0.478. The number of carbonyl (C=O) groups is 1. The zero-order chi connectivity index (χ0) is 22.0. The summed E-state index contributed by atoms with van der Waals surface area (Å²) in [5.41, 5.74) is 7.39. The molecule has 3 saturated carbocycles. The molecule has 172 valence electrons. The van der Waals surface area contributed by atoms with Gasteiger partial charge in [0, 0.05) is 36.4 Å². The van der Waals surface area contributed by atoms with E-state index in [1.165, 1.54) is 25.4 Å². The first-order valence-corrected chi connectivity index (χ1v) is 10.6. The maximum atomic E-state index is 14.1. The molecule has 1 aromatic heterocycles. The summed E-state index contributed by atoms with van der Waals surface area (Å²) >= 11 is 0. The Morgan fingerprint density at radius 1 is 1.25 bits per heavy atom. The number of hydrogen-bond acceptors (Lipinski definition) is 5. The van der Waals surface area contributed by atoms with E-state index in [4.69, 9.17) is 10.5 Å². The molecule has 4 aliphatic rings. The summed E-state index contributed by atoms with van der Waals surface area (Å²) in [4.78, 5) is 19.7. The van der Waals surface area contributed by atoms with Crippen LogP contribution in [-0.4, -0.2) is 42.2 Å². The smallest absolute Gasteiger partial charge is 0.255 e. The van der Waals surface area contributed by atoms with Crippen molar-refractivity contribution < 1.29 is 18.3 Å². The molecule has 1 aromatic carbocycles. The summed E-state index contributed by atoms with van der Waals surface area (Å²) < 4.78 is 33.7. The largest absolute Gasteiger partial charge is 0.480 e. The van der Waals surface area contributed by atoms with Crippen LogP contribution >= 0.6 is 12.4 Å². The van der Waals surface area contributed by atoms with Gasteiger partial charge in [-0.25, -0.2) is 13.8 Å². The minimum Gasteiger partial charge on any atom is -0.480 e. The van der Waals surface area contributed by atoms with Crippen molar-refractivity contribution in [1.29, 1.82) is 0 Å². The van der Waals surface area contributed by atoms with Crippen LogP contribution < -0.4 is 20.7 Å². The van der Waals surface area contributed by atoms with Crippen molar-refractivity contribution in [3.8, 4) is 17.0 Å². The third kappa shape index (κ3) is 3.79. The summed E-state index contributed by atoms with van der Waals surface area (Å²) in [6.45, 7) is 3.06. The Balaban J connectivity index is 0.00000245. The molecule has 1 aliphatic heterocycles. The number of aromatic nitrogens is 1. The van der Waals surface area contributed by atoms with Crippen LogP contribution in [0.25, 0.3) is 11.1 Å². The molecule has 1 atom stereocenters. The summed E-state index contributed by atoms with van der Waals surface area (Å²) in [7, 11) is 1.45. The Bertz CT molecular complexity index is 1040. The van der Waals surface area contributed by atoms with E-state index in [1.54, 1.807) is 0 Å². The van der Waals surface area contributed by atoms with Gasteiger partial charge in [0.05, 0.1) is 23.9 Å². The van der Waals surface area contributed by atoms with Crippen LogP contribution in [0.5, 0.6) is 5.88 Å². The van der Waals surface area contributed by atoms with Crippen molar-refractivity contribution in [2.45, 2.75) is 43.7 Å². The number of ether oxygens (including phenoxy) is 1. The molecule has 9 heteroatoms. The van der Waals surface area contributed by atoms with Crippen molar-refractivity contribution in [2.75, 3.05) is 25.1 Å². The second kappa shape index (κ2) is 7.85. The van der Waals surface area contributed by atoms with Crippen LogP contribution in [0.3, 0.4) is 0 Å². The molecule has 4 fully saturated rings. The number of nitrogens with zero attached hydrogens (tertiary/aromatic N) is 2. The standard InChI is InChI=1S/C23H26F2N4O2.ClH/c1-22(26)3-4-29(12-22)19-17(20(30)28-23-8-13(9-23)10-23)11-27-21(31-2)18(19)14-5-15(24)7-16(25)6-14;/h5-7,11,13H,3-4,8-10,12,26H2,1-2H3,(H,28,30);1H/t13?,22-,23?;/m0./s1. The summed E-state index contributed by atoms with van der Waals surface area (Å²) in [5, 5.41) is 3.17. The van der Waals surface area contributed by atoms with E-state index < -0.39 is 17.2 Å². The van der Waals surface area contributed by atoms with Crippen LogP contribution in [0, 0.1) is 17.6 Å². The fourth-order valence-electron chi connectivity index (χ4n) is 5.21. The van der Waals surface area contributed by atoms with Crippen molar-refractivity contribution in [3.63, 3.8) is 0 Å². The molecule has 32 heavy (non-hydrogen) atoms. The molecule has 6 rings (SSSR count). The molecule has 3 aliphatic carbocycles. The lowest BCUT2D eigenvalue weighted by molar-refractivity contribution is -0.0438. The lowest BCUT2D eigenvalue weighted by Crippen LogP contribution is -2.68. The lowest BCUT2D eigenvalue weighted by Gasteiger charge is -2.61. The molecular weight excluding hydrogens is 438 g/mol. The molecule has 2 aromatic rings. The second-order valence-electron chi connectivity index (χ2n) is 9.60. The summed E-state index contributed by atoms with van der Waals surface area (Å²) in [6.07, 6.45) is 5.22. The Morgan fingerprint density at radius 3 is 2.41 bits per heavy atom. The molecule has 3 N–H and O–H groups in total. The molecule has 1 amide bonds. The summed E-state index contributed by atoms with van der Waals surface area (Å²) in [6, 6.07) is 3.27. The molecule has 2 bridgehead atoms. The Kier molecular flexibility index (Phi) is 5.57. The Hall–Kier alpha value is -2.45. The van der Waals surface area contributed by atoms with Crippen LogP contribution in [0.1, 0.15) is 43.0 Å². The second-order valence-corrected chi connectivity index (χ2v) is 9.60. The molecule has 2 heterocycles. The maximum absolute atomic E-state index is 14.1. The van der Waals surface area contributed by atoms with Gasteiger partial charge in [0.25, 0.3) is 5.91 Å². The zero-order valence-corrected chi connectivity index (χ0v) is 18.9. The first-order chi connectivity index (χ1) is 14.7. The number of carbonyl (C=O) groups excluding carboxylic acids is 1. The predicted octanol–water partition coefficient (Wildman–Crippen LogP) is 3.67. The highest BCUT2D eigenvalue weighted by molar-refractivity contribution is 6.04. The first-order valence-electron chi connectivity index (χ1n) is 10.6. The first kappa shape index (κ1) is 22.7. The monoisotopic (exact) mass is 464 g/mol. The van der Waals surface area contributed by atoms with Crippen LogP contribution in [0.2, 0.25) is 0 Å². The highest BCUT2D eigenvalue weighted by Crippen LogP contribution is 2.57. The number of hydrogen-bond donors (Lipinski definition) is 2. The van der Waals surface area contributed by atoms with Crippen molar-refractivity contribution >= 4 is 24.0 Å². The van der Waals surface area contributed by atoms with E-state index in [0.717, 1.165) is 37.7 Å². The number of methoxy groups -OCH3 is 1. The molecule has 1 saturated heterocycles. The molecule has 0 spiro atoms. The number of pyridine rings is 1. The van der Waals surface area contributed by atoms with Crippen molar-refractivity contribution in [2.24, 2.45) is 11.7 Å². The van der Waals surface area contributed by atoms with E-state index in [2.05, 4.69) is 10.3 Å². The van der Waals surface area contributed by atoms with Crippen LogP contribution in [-0.2, 0) is 0 Å². The van der Waals surface area contributed by atoms with E-state index >= 15 is 0 Å². The third-order valence-electron chi connectivity index (χ3n) is 6.84. The molecule has 0 unspecified atom stereocenters. The van der Waals surface area contributed by atoms with Gasteiger partial charge in [0.15, 0.2) is 0 Å². The van der Waals surface area contributed by atoms with E-state index in [1.807, 2.05) is 11.8 Å². The minimum absolute atomic E-state index is 0. The molecule has 0 radical (unpaired) electrons. The number of anilines is 1. The van der Waals surface area contributed by atoms with Gasteiger partial charge in [-0.15, -0.1) is 12.4 Å². The Labute approximate surface area is 191 Å². The van der Waals surface area contributed by atoms with Crippen LogP contribution in [0.4, 0.5) is 14.5 Å². The van der Waals surface area contributed by atoms with E-state index in [-0.39, 0.29) is 35.3 Å². The van der Waals surface area contributed by atoms with Gasteiger partial charge >= 0.3 is 0 Å². The lowest BCUT2D eigenvalue weighted by atomic mass is 9.50. The van der Waals surface area contributed by atoms with Gasteiger partial charge in [-0.2, -0.15) is 0 Å². The number of amides is 1. The number of halogens is 3. The van der Waals surface area contributed by atoms with Gasteiger partial charge in [-0.05, 0) is 56.2 Å². The molecular formula is C23H27ClF2N4O2. The highest BCUT2D eigenvalue weighted by Gasteiger charge is 2.57. The van der Waals surface area contributed by atoms with Gasteiger partial charge in [0.2, 0.25) is 5.88 Å². The third-order valence-corrected chi connectivity index (χ3v) is 6.84. The predicted molar refractivity (Wildman–Crippen MR) is 120 cm³/mol. The Morgan fingerprint density at radius 2 is 1.91 bits per heavy atom. The van der Waals surface area contributed by atoms with Gasteiger partial charge in [-0.1, -0.05) is 0 Å². The van der Waals surface area contributed by atoms with Crippen molar-refractivity contribution in [1.82, 2.24) is 10.3 Å². The van der Waals surface area contributed by atoms with E-state index in [9.17, 15) is 13.6 Å². The minimum atomic E-state index is -0.711. The van der Waals surface area contributed by atoms with Crippen molar-refractivity contribution in [3.05, 3.63) is 41.6 Å². The fourth-order valence-corrected chi connectivity index (χ4v) is 5.21. The topological polar surface area (TPSA) is 80.5 Å². The van der Waals surface area contributed by atoms with Gasteiger partial charge in [-0.3, -0.25) is 4.79 Å². The summed E-state index contributed by atoms with van der Waals surface area (Å²) in [5.74, 6) is -0.732. The zero-order valence-electron chi connectivity index (χ0n) is 18.1. The number of nitrogens with one attached hydrogen (secondary N) is 1. The normalized spacial score (nSPS) is 27.8. The number of nitrogens with two attached hydrogens (primary N) is 1. The average Bonchev–Trinajstić information content (AvgIpc) is 3.01. The van der Waals surface area contributed by atoms with Gasteiger partial charge < -0.3 is 20.7 Å². The quantitative estimate of drug-likeness (QED) is 0.705. The number of rotatable bonds is 5. The van der Waals surface area contributed by atoms with E-state index in [0.29, 0.717) is 29.9 Å². The SMILES string of the molecule is COc1ncc(C(=O)NC23CC(C2)C3)c(N2CC[C@](C)(N)C2)c1-c1cc(F)cc(F)c1.Cl. The highest BCUT2D eigenvalue weighted by atomic mass is 35.5. The molecule has 6 nitrogen and oxygen atoms in total.